The van der Waals surface area contributed by atoms with E-state index in [9.17, 15) is 0 Å². The van der Waals surface area contributed by atoms with Crippen LogP contribution in [-0.4, -0.2) is 10.5 Å². The van der Waals surface area contributed by atoms with Gasteiger partial charge in [-0.1, -0.05) is 63.8 Å². The molecule has 8 aliphatic carbocycles. The van der Waals surface area contributed by atoms with Crippen molar-refractivity contribution < 1.29 is 0 Å². The largest absolute Gasteiger partial charge is 0.154 e. The van der Waals surface area contributed by atoms with Gasteiger partial charge in [0, 0.05) is 10.5 Å². The van der Waals surface area contributed by atoms with Crippen LogP contribution >= 0.6 is 11.8 Å². The maximum Gasteiger partial charge on any atom is 0.00876 e. The molecule has 0 aromatic heterocycles. The van der Waals surface area contributed by atoms with Gasteiger partial charge in [0.25, 0.3) is 0 Å². The molecule has 0 aromatic carbocycles. The minimum Gasteiger partial charge on any atom is -0.154 e. The van der Waals surface area contributed by atoms with Crippen LogP contribution in [0.5, 0.6) is 0 Å². The highest BCUT2D eigenvalue weighted by Crippen LogP contribution is 2.67. The predicted molar refractivity (Wildman–Crippen MR) is 168 cm³/mol. The lowest BCUT2D eigenvalue weighted by atomic mass is 9.48. The highest BCUT2D eigenvalue weighted by Gasteiger charge is 2.57. The molecule has 0 N–H and O–H groups in total. The van der Waals surface area contributed by atoms with Crippen LogP contribution in [0.4, 0.5) is 0 Å². The Morgan fingerprint density at radius 3 is 1.46 bits per heavy atom. The van der Waals surface area contributed by atoms with Crippen molar-refractivity contribution in [1.29, 1.82) is 0 Å². The number of allylic oxidation sites excluding steroid dienone is 4. The second kappa shape index (κ2) is 9.16. The zero-order valence-corrected chi connectivity index (χ0v) is 26.7. The molecule has 0 nitrogen and oxygen atoms in total. The summed E-state index contributed by atoms with van der Waals surface area (Å²) in [6, 6.07) is 0. The van der Waals surface area contributed by atoms with Gasteiger partial charge in [0.2, 0.25) is 0 Å². The first-order valence-electron chi connectivity index (χ1n) is 17.8. The van der Waals surface area contributed by atoms with E-state index in [2.05, 4.69) is 51.6 Å². The molecule has 8 rings (SSSR count). The quantitative estimate of drug-likeness (QED) is 0.310. The fourth-order valence-electron chi connectivity index (χ4n) is 13.7. The normalized spacial score (nSPS) is 56.2. The minimum absolute atomic E-state index is 0.533. The van der Waals surface area contributed by atoms with Gasteiger partial charge < -0.3 is 0 Å². The molecule has 8 aliphatic rings. The zero-order chi connectivity index (χ0) is 26.6. The molecule has 0 radical (unpaired) electrons. The van der Waals surface area contributed by atoms with Crippen LogP contribution in [0.2, 0.25) is 0 Å². The van der Waals surface area contributed by atoms with Crippen LogP contribution in [0.1, 0.15) is 143 Å². The van der Waals surface area contributed by atoms with E-state index in [1.165, 1.54) is 116 Å². The van der Waals surface area contributed by atoms with Crippen LogP contribution in [0, 0.1) is 57.2 Å². The predicted octanol–water partition coefficient (Wildman–Crippen LogP) is 11.2. The third-order valence-corrected chi connectivity index (χ3v) is 17.6. The standard InChI is InChI=1S/C38H58S/c1-35-17-5-7-31(35)29-11-9-25-23-27(13-21-37(25,3)33(29)15-19-35)39-28-14-22-38(4)26(24-28)10-12-30-32-8-6-18-36(32,2)20-16-34(30)38/h9-10,27-34H,5-8,11-24H2,1-4H3. The smallest absolute Gasteiger partial charge is 0.00876 e. The average Bonchev–Trinajstić information content (AvgIpc) is 3.51. The summed E-state index contributed by atoms with van der Waals surface area (Å²) >= 11 is 2.46. The van der Waals surface area contributed by atoms with Gasteiger partial charge in [-0.15, -0.1) is 0 Å². The molecular formula is C38H58S. The minimum atomic E-state index is 0.533. The number of rotatable bonds is 2. The summed E-state index contributed by atoms with van der Waals surface area (Å²) in [5.41, 5.74) is 6.27. The van der Waals surface area contributed by atoms with Gasteiger partial charge in [-0.2, -0.15) is 11.8 Å². The van der Waals surface area contributed by atoms with Crippen molar-refractivity contribution in [3.63, 3.8) is 0 Å². The summed E-state index contributed by atoms with van der Waals surface area (Å²) in [6.45, 7) is 10.8. The highest BCUT2D eigenvalue weighted by atomic mass is 32.2. The Kier molecular flexibility index (Phi) is 6.22. The van der Waals surface area contributed by atoms with Crippen molar-refractivity contribution in [2.75, 3.05) is 0 Å². The van der Waals surface area contributed by atoms with Crippen LogP contribution in [-0.2, 0) is 0 Å². The van der Waals surface area contributed by atoms with Crippen LogP contribution < -0.4 is 0 Å². The molecule has 0 bridgehead atoms. The molecule has 216 valence electrons. The number of hydrogen-bond donors (Lipinski definition) is 0. The molecule has 0 spiro atoms. The van der Waals surface area contributed by atoms with E-state index >= 15 is 0 Å². The monoisotopic (exact) mass is 546 g/mol. The molecule has 39 heavy (non-hydrogen) atoms. The fraction of sp³-hybridized carbons (Fsp3) is 0.895. The van der Waals surface area contributed by atoms with Crippen LogP contribution in [0.15, 0.2) is 23.3 Å². The van der Waals surface area contributed by atoms with Crippen molar-refractivity contribution in [3.05, 3.63) is 23.3 Å². The van der Waals surface area contributed by atoms with E-state index in [1.807, 2.05) is 11.1 Å². The van der Waals surface area contributed by atoms with Crippen molar-refractivity contribution in [2.45, 2.75) is 154 Å². The molecule has 0 aromatic rings. The van der Waals surface area contributed by atoms with Crippen molar-refractivity contribution in [3.8, 4) is 0 Å². The lowest BCUT2D eigenvalue weighted by Crippen LogP contribution is -2.49. The molecule has 6 fully saturated rings. The lowest BCUT2D eigenvalue weighted by Gasteiger charge is -2.58. The first-order chi connectivity index (χ1) is 18.7. The van der Waals surface area contributed by atoms with Crippen molar-refractivity contribution in [1.82, 2.24) is 0 Å². The summed E-state index contributed by atoms with van der Waals surface area (Å²) in [5, 5.41) is 1.78. The van der Waals surface area contributed by atoms with E-state index in [0.717, 1.165) is 46.0 Å². The van der Waals surface area contributed by atoms with E-state index < -0.39 is 0 Å². The summed E-state index contributed by atoms with van der Waals surface area (Å²) in [4.78, 5) is 0. The summed E-state index contributed by atoms with van der Waals surface area (Å²) in [5.74, 6) is 6.06. The topological polar surface area (TPSA) is 0 Å². The third kappa shape index (κ3) is 3.88. The Hall–Kier alpha value is -0.170. The molecule has 1 heteroatoms. The van der Waals surface area contributed by atoms with E-state index in [-0.39, 0.29) is 0 Å². The number of thioether (sulfide) groups is 1. The zero-order valence-electron chi connectivity index (χ0n) is 25.9. The summed E-state index contributed by atoms with van der Waals surface area (Å²) in [7, 11) is 0. The fourth-order valence-corrected chi connectivity index (χ4v) is 15.3. The van der Waals surface area contributed by atoms with Gasteiger partial charge in [-0.25, -0.2) is 0 Å². The summed E-state index contributed by atoms with van der Waals surface area (Å²) in [6.07, 6.45) is 32.5. The molecule has 0 aliphatic heterocycles. The third-order valence-electron chi connectivity index (χ3n) is 16.1. The average molecular weight is 547 g/mol. The van der Waals surface area contributed by atoms with Gasteiger partial charge in [0.1, 0.15) is 0 Å². The van der Waals surface area contributed by atoms with E-state index in [4.69, 9.17) is 0 Å². The molecule has 0 amide bonds. The first-order valence-corrected chi connectivity index (χ1v) is 18.7. The van der Waals surface area contributed by atoms with Crippen molar-refractivity contribution in [2.24, 2.45) is 57.2 Å². The Bertz CT molecular complexity index is 971. The maximum atomic E-state index is 2.82. The molecular weight excluding hydrogens is 488 g/mol. The second-order valence-corrected chi connectivity index (χ2v) is 19.2. The summed E-state index contributed by atoms with van der Waals surface area (Å²) < 4.78 is 0. The van der Waals surface area contributed by atoms with E-state index in [0.29, 0.717) is 21.7 Å². The second-order valence-electron chi connectivity index (χ2n) is 17.6. The molecule has 6 saturated carbocycles. The molecule has 0 heterocycles. The van der Waals surface area contributed by atoms with E-state index in [1.54, 1.807) is 0 Å². The van der Waals surface area contributed by atoms with Crippen LogP contribution in [0.25, 0.3) is 0 Å². The van der Waals surface area contributed by atoms with Gasteiger partial charge in [-0.3, -0.25) is 0 Å². The van der Waals surface area contributed by atoms with Gasteiger partial charge in [-0.05, 0) is 160 Å². The van der Waals surface area contributed by atoms with Crippen LogP contribution in [0.3, 0.4) is 0 Å². The maximum absolute atomic E-state index is 2.82. The molecule has 0 saturated heterocycles. The van der Waals surface area contributed by atoms with Crippen molar-refractivity contribution >= 4 is 11.8 Å². The SMILES string of the molecule is CC12CCCC1C1CC=C3CC(SC4CCC5(C)C(=CCC6C7CCCC7(C)CCC65)C4)CCC3(C)C1CC2. The Morgan fingerprint density at radius 2 is 1.00 bits per heavy atom. The van der Waals surface area contributed by atoms with Gasteiger partial charge >= 0.3 is 0 Å². The first kappa shape index (κ1) is 26.5. The van der Waals surface area contributed by atoms with Gasteiger partial charge in [0.05, 0.1) is 0 Å². The number of hydrogen-bond acceptors (Lipinski definition) is 1. The van der Waals surface area contributed by atoms with Gasteiger partial charge in [0.15, 0.2) is 0 Å². The number of fused-ring (bicyclic) bond motifs is 10. The molecule has 12 unspecified atom stereocenters. The Balaban J connectivity index is 0.942. The highest BCUT2D eigenvalue weighted by molar-refractivity contribution is 8.00. The Morgan fingerprint density at radius 1 is 0.538 bits per heavy atom. The Labute approximate surface area is 245 Å². The molecule has 12 atom stereocenters. The lowest BCUT2D eigenvalue weighted by molar-refractivity contribution is -0.0249.